The number of nitrogens with one attached hydrogen (secondary N) is 1. The van der Waals surface area contributed by atoms with E-state index in [1.807, 2.05) is 18.2 Å². The van der Waals surface area contributed by atoms with Crippen LogP contribution >= 0.6 is 22.9 Å². The number of carbonyl (C=O) groups excluding carboxylic acids is 2. The standard InChI is InChI=1S/C24H25ClN4O2S/c25-20-11-5-4-10-19(20)23(31)29-15-13-18(14-16-29)22(30)26-24-28-27-21(32-24)12-6-9-17-7-2-1-3-8-17/h1-5,7-8,10-11,18H,6,9,12-16H2,(H,26,28,30). The van der Waals surface area contributed by atoms with Crippen molar-refractivity contribution in [3.05, 3.63) is 75.8 Å². The second kappa shape index (κ2) is 10.7. The van der Waals surface area contributed by atoms with Crippen LogP contribution in [0.5, 0.6) is 0 Å². The fourth-order valence-corrected chi connectivity index (χ4v) is 4.85. The quantitative estimate of drug-likeness (QED) is 0.537. The molecule has 2 amide bonds. The first-order chi connectivity index (χ1) is 15.6. The van der Waals surface area contributed by atoms with Crippen LogP contribution < -0.4 is 5.32 Å². The second-order valence-corrected chi connectivity index (χ2v) is 9.34. The molecule has 166 valence electrons. The molecular formula is C24H25ClN4O2S. The summed E-state index contributed by atoms with van der Waals surface area (Å²) in [5.74, 6) is -0.281. The summed E-state index contributed by atoms with van der Waals surface area (Å²) >= 11 is 7.58. The first-order valence-electron chi connectivity index (χ1n) is 10.8. The van der Waals surface area contributed by atoms with Gasteiger partial charge >= 0.3 is 0 Å². The zero-order valence-electron chi connectivity index (χ0n) is 17.7. The number of anilines is 1. The van der Waals surface area contributed by atoms with E-state index in [1.165, 1.54) is 16.9 Å². The summed E-state index contributed by atoms with van der Waals surface area (Å²) in [6.07, 6.45) is 4.05. The van der Waals surface area contributed by atoms with Gasteiger partial charge in [-0.25, -0.2) is 0 Å². The number of nitrogens with zero attached hydrogens (tertiary/aromatic N) is 3. The molecule has 0 unspecified atom stereocenters. The molecule has 0 bridgehead atoms. The number of aryl methyl sites for hydroxylation is 2. The van der Waals surface area contributed by atoms with Crippen LogP contribution in [-0.2, 0) is 17.6 Å². The largest absolute Gasteiger partial charge is 0.339 e. The SMILES string of the molecule is O=C(Nc1nnc(CCCc2ccccc2)s1)C1CCN(C(=O)c2ccccc2Cl)CC1. The first kappa shape index (κ1) is 22.4. The van der Waals surface area contributed by atoms with E-state index in [0.29, 0.717) is 41.6 Å². The van der Waals surface area contributed by atoms with E-state index in [-0.39, 0.29) is 17.7 Å². The number of benzene rings is 2. The van der Waals surface area contributed by atoms with Crippen LogP contribution in [-0.4, -0.2) is 40.0 Å². The van der Waals surface area contributed by atoms with Crippen LogP contribution in [0.4, 0.5) is 5.13 Å². The Hall–Kier alpha value is -2.77. The maximum atomic E-state index is 12.7. The van der Waals surface area contributed by atoms with Crippen LogP contribution in [0.15, 0.2) is 54.6 Å². The van der Waals surface area contributed by atoms with Crippen molar-refractivity contribution in [3.8, 4) is 0 Å². The summed E-state index contributed by atoms with van der Waals surface area (Å²) in [5, 5.41) is 13.2. The highest BCUT2D eigenvalue weighted by atomic mass is 35.5. The molecule has 2 aromatic carbocycles. The molecule has 1 aromatic heterocycles. The third-order valence-corrected chi connectivity index (χ3v) is 6.88. The molecule has 1 N–H and O–H groups in total. The van der Waals surface area contributed by atoms with Gasteiger partial charge < -0.3 is 10.2 Å². The Labute approximate surface area is 196 Å². The molecule has 0 atom stereocenters. The third kappa shape index (κ3) is 5.72. The third-order valence-electron chi connectivity index (χ3n) is 5.65. The second-order valence-electron chi connectivity index (χ2n) is 7.88. The lowest BCUT2D eigenvalue weighted by atomic mass is 9.95. The minimum Gasteiger partial charge on any atom is -0.339 e. The number of hydrogen-bond acceptors (Lipinski definition) is 5. The number of carbonyl (C=O) groups is 2. The van der Waals surface area contributed by atoms with Crippen molar-refractivity contribution in [1.82, 2.24) is 15.1 Å². The van der Waals surface area contributed by atoms with Crippen molar-refractivity contribution >= 4 is 39.9 Å². The summed E-state index contributed by atoms with van der Waals surface area (Å²) in [6.45, 7) is 1.06. The Morgan fingerprint density at radius 2 is 1.72 bits per heavy atom. The van der Waals surface area contributed by atoms with Gasteiger partial charge in [-0.3, -0.25) is 9.59 Å². The molecular weight excluding hydrogens is 444 g/mol. The van der Waals surface area contributed by atoms with E-state index in [0.717, 1.165) is 24.3 Å². The van der Waals surface area contributed by atoms with Crippen LogP contribution in [0.3, 0.4) is 0 Å². The Morgan fingerprint density at radius 3 is 2.47 bits per heavy atom. The van der Waals surface area contributed by atoms with Crippen LogP contribution in [0, 0.1) is 5.92 Å². The van der Waals surface area contributed by atoms with Crippen molar-refractivity contribution < 1.29 is 9.59 Å². The molecule has 8 heteroatoms. The molecule has 1 fully saturated rings. The average Bonchev–Trinajstić information content (AvgIpc) is 3.27. The van der Waals surface area contributed by atoms with Gasteiger partial charge in [-0.1, -0.05) is 65.4 Å². The highest BCUT2D eigenvalue weighted by Crippen LogP contribution is 2.24. The van der Waals surface area contributed by atoms with E-state index < -0.39 is 0 Å². The Kier molecular flexibility index (Phi) is 7.50. The topological polar surface area (TPSA) is 75.2 Å². The Bertz CT molecular complexity index is 1060. The average molecular weight is 469 g/mol. The van der Waals surface area contributed by atoms with Gasteiger partial charge in [0.1, 0.15) is 5.01 Å². The monoisotopic (exact) mass is 468 g/mol. The molecule has 1 saturated heterocycles. The highest BCUT2D eigenvalue weighted by Gasteiger charge is 2.29. The predicted octanol–water partition coefficient (Wildman–Crippen LogP) is 4.86. The molecule has 2 heterocycles. The van der Waals surface area contributed by atoms with Crippen molar-refractivity contribution in [2.45, 2.75) is 32.1 Å². The maximum absolute atomic E-state index is 12.7. The molecule has 4 rings (SSSR count). The van der Waals surface area contributed by atoms with Gasteiger partial charge in [0.2, 0.25) is 11.0 Å². The zero-order chi connectivity index (χ0) is 22.3. The maximum Gasteiger partial charge on any atom is 0.255 e. The van der Waals surface area contributed by atoms with Crippen LogP contribution in [0.1, 0.15) is 40.2 Å². The molecule has 6 nitrogen and oxygen atoms in total. The smallest absolute Gasteiger partial charge is 0.255 e. The number of piperidine rings is 1. The number of rotatable bonds is 7. The van der Waals surface area contributed by atoms with Gasteiger partial charge in [0.25, 0.3) is 5.91 Å². The zero-order valence-corrected chi connectivity index (χ0v) is 19.2. The van der Waals surface area contributed by atoms with Crippen LogP contribution in [0.25, 0.3) is 0 Å². The number of likely N-dealkylation sites (tertiary alicyclic amines) is 1. The molecule has 0 spiro atoms. The van der Waals surface area contributed by atoms with Gasteiger partial charge in [-0.05, 0) is 43.4 Å². The molecule has 3 aromatic rings. The van der Waals surface area contributed by atoms with E-state index in [9.17, 15) is 9.59 Å². The highest BCUT2D eigenvalue weighted by molar-refractivity contribution is 7.15. The summed E-state index contributed by atoms with van der Waals surface area (Å²) in [4.78, 5) is 27.1. The minimum atomic E-state index is -0.143. The first-order valence-corrected chi connectivity index (χ1v) is 12.0. The summed E-state index contributed by atoms with van der Waals surface area (Å²) in [7, 11) is 0. The molecule has 32 heavy (non-hydrogen) atoms. The summed E-state index contributed by atoms with van der Waals surface area (Å²) < 4.78 is 0. The predicted molar refractivity (Wildman–Crippen MR) is 127 cm³/mol. The fourth-order valence-electron chi connectivity index (χ4n) is 3.85. The molecule has 0 radical (unpaired) electrons. The van der Waals surface area contributed by atoms with Crippen molar-refractivity contribution in [2.24, 2.45) is 5.92 Å². The molecule has 1 aliphatic rings. The van der Waals surface area contributed by atoms with Crippen LogP contribution in [0.2, 0.25) is 5.02 Å². The van der Waals surface area contributed by atoms with Gasteiger partial charge in [-0.15, -0.1) is 10.2 Å². The van der Waals surface area contributed by atoms with E-state index in [2.05, 4.69) is 27.6 Å². The van der Waals surface area contributed by atoms with Crippen molar-refractivity contribution in [2.75, 3.05) is 18.4 Å². The van der Waals surface area contributed by atoms with Crippen molar-refractivity contribution in [3.63, 3.8) is 0 Å². The van der Waals surface area contributed by atoms with Crippen molar-refractivity contribution in [1.29, 1.82) is 0 Å². The molecule has 0 saturated carbocycles. The fraction of sp³-hybridized carbons (Fsp3) is 0.333. The summed E-state index contributed by atoms with van der Waals surface area (Å²) in [5.41, 5.74) is 1.82. The van der Waals surface area contributed by atoms with E-state index in [1.54, 1.807) is 29.2 Å². The van der Waals surface area contributed by atoms with Gasteiger partial charge in [0.05, 0.1) is 10.6 Å². The molecule has 1 aliphatic heterocycles. The lowest BCUT2D eigenvalue weighted by molar-refractivity contribution is -0.121. The normalized spacial score (nSPS) is 14.3. The number of hydrogen-bond donors (Lipinski definition) is 1. The van der Waals surface area contributed by atoms with E-state index in [4.69, 9.17) is 11.6 Å². The van der Waals surface area contributed by atoms with Gasteiger partial charge in [-0.2, -0.15) is 0 Å². The van der Waals surface area contributed by atoms with Gasteiger partial charge in [0.15, 0.2) is 0 Å². The Morgan fingerprint density at radius 1 is 1.00 bits per heavy atom. The minimum absolute atomic E-state index is 0.0539. The lowest BCUT2D eigenvalue weighted by Gasteiger charge is -2.31. The Balaban J connectivity index is 1.23. The lowest BCUT2D eigenvalue weighted by Crippen LogP contribution is -2.41. The number of aromatic nitrogens is 2. The molecule has 0 aliphatic carbocycles. The van der Waals surface area contributed by atoms with E-state index >= 15 is 0 Å². The number of amides is 2. The number of halogens is 1. The summed E-state index contributed by atoms with van der Waals surface area (Å²) in [6, 6.07) is 17.4. The van der Waals surface area contributed by atoms with Gasteiger partial charge in [0, 0.05) is 25.4 Å².